The van der Waals surface area contributed by atoms with Gasteiger partial charge in [0.1, 0.15) is 4.88 Å². The van der Waals surface area contributed by atoms with Crippen LogP contribution in [0.4, 0.5) is 5.13 Å². The molecular weight excluding hydrogens is 250 g/mol. The number of nitrogens with one attached hydrogen (secondary N) is 1. The van der Waals surface area contributed by atoms with Gasteiger partial charge in [0.05, 0.1) is 13.3 Å². The molecule has 2 rings (SSSR count). The van der Waals surface area contributed by atoms with E-state index >= 15 is 0 Å². The first-order valence-corrected chi connectivity index (χ1v) is 6.20. The lowest BCUT2D eigenvalue weighted by molar-refractivity contribution is 0.0606. The molecular formula is C12H13N3O2S. The summed E-state index contributed by atoms with van der Waals surface area (Å²) in [6, 6.07) is 1.96. The van der Waals surface area contributed by atoms with Gasteiger partial charge in [0.2, 0.25) is 0 Å². The van der Waals surface area contributed by atoms with Crippen LogP contribution in [0.5, 0.6) is 0 Å². The molecule has 0 saturated carbocycles. The highest BCUT2D eigenvalue weighted by molar-refractivity contribution is 7.17. The molecule has 0 unspecified atom stereocenters. The fraction of sp³-hybridized carbons (Fsp3) is 0.250. The third-order valence-corrected chi connectivity index (χ3v) is 3.39. The molecule has 1 N–H and O–H groups in total. The maximum atomic E-state index is 11.3. The van der Waals surface area contributed by atoms with Gasteiger partial charge in [-0.05, 0) is 24.1 Å². The van der Waals surface area contributed by atoms with Crippen molar-refractivity contribution in [2.45, 2.75) is 13.5 Å². The molecule has 94 valence electrons. The highest BCUT2D eigenvalue weighted by Crippen LogP contribution is 2.19. The Hall–Kier alpha value is -1.95. The summed E-state index contributed by atoms with van der Waals surface area (Å²) in [6.45, 7) is 2.66. The molecule has 2 heterocycles. The van der Waals surface area contributed by atoms with E-state index in [1.807, 2.05) is 19.2 Å². The van der Waals surface area contributed by atoms with Gasteiger partial charge in [-0.2, -0.15) is 0 Å². The van der Waals surface area contributed by atoms with E-state index in [0.29, 0.717) is 16.6 Å². The van der Waals surface area contributed by atoms with Crippen molar-refractivity contribution in [2.24, 2.45) is 0 Å². The lowest BCUT2D eigenvalue weighted by Crippen LogP contribution is -2.01. The number of ether oxygens (including phenoxy) is 1. The summed E-state index contributed by atoms with van der Waals surface area (Å²) >= 11 is 1.28. The molecule has 6 heteroatoms. The lowest BCUT2D eigenvalue weighted by atomic mass is 10.2. The molecule has 2 aromatic rings. The molecule has 0 aliphatic heterocycles. The van der Waals surface area contributed by atoms with E-state index in [2.05, 4.69) is 20.0 Å². The van der Waals surface area contributed by atoms with E-state index in [-0.39, 0.29) is 5.97 Å². The molecule has 2 aromatic heterocycles. The predicted octanol–water partition coefficient (Wildman–Crippen LogP) is 2.25. The lowest BCUT2D eigenvalue weighted by Gasteiger charge is -2.05. The second-order valence-electron chi connectivity index (χ2n) is 3.68. The Morgan fingerprint density at radius 2 is 2.33 bits per heavy atom. The summed E-state index contributed by atoms with van der Waals surface area (Å²) in [4.78, 5) is 19.9. The van der Waals surface area contributed by atoms with Crippen LogP contribution in [-0.4, -0.2) is 23.0 Å². The molecule has 0 saturated heterocycles. The Morgan fingerprint density at radius 3 is 3.06 bits per heavy atom. The summed E-state index contributed by atoms with van der Waals surface area (Å²) in [5.74, 6) is -0.361. The average Bonchev–Trinajstić information content (AvgIpc) is 2.86. The summed E-state index contributed by atoms with van der Waals surface area (Å²) in [5.41, 5.74) is 2.27. The first-order valence-electron chi connectivity index (χ1n) is 5.38. The number of aromatic nitrogens is 2. The smallest absolute Gasteiger partial charge is 0.349 e. The van der Waals surface area contributed by atoms with E-state index in [9.17, 15) is 4.79 Å². The van der Waals surface area contributed by atoms with Gasteiger partial charge >= 0.3 is 5.97 Å². The van der Waals surface area contributed by atoms with Crippen molar-refractivity contribution in [1.82, 2.24) is 9.97 Å². The van der Waals surface area contributed by atoms with E-state index in [1.54, 1.807) is 6.20 Å². The van der Waals surface area contributed by atoms with Gasteiger partial charge in [0, 0.05) is 18.9 Å². The number of carbonyl (C=O) groups is 1. The number of esters is 1. The second-order valence-corrected chi connectivity index (χ2v) is 4.71. The number of methoxy groups -OCH3 is 1. The third kappa shape index (κ3) is 2.84. The highest BCUT2D eigenvalue weighted by Gasteiger charge is 2.10. The Morgan fingerprint density at radius 1 is 1.50 bits per heavy atom. The van der Waals surface area contributed by atoms with Crippen LogP contribution in [0.2, 0.25) is 0 Å². The molecule has 0 aliphatic rings. The van der Waals surface area contributed by atoms with E-state index in [4.69, 9.17) is 0 Å². The molecule has 0 amide bonds. The summed E-state index contributed by atoms with van der Waals surface area (Å²) in [6.07, 6.45) is 5.09. The highest BCUT2D eigenvalue weighted by atomic mass is 32.1. The number of pyridine rings is 1. The minimum Gasteiger partial charge on any atom is -0.465 e. The molecule has 0 aromatic carbocycles. The second kappa shape index (κ2) is 5.59. The SMILES string of the molecule is COC(=O)c1cnc(NCc2ccncc2C)s1. The quantitative estimate of drug-likeness (QED) is 0.857. The number of nitrogens with zero attached hydrogens (tertiary/aromatic N) is 2. The molecule has 18 heavy (non-hydrogen) atoms. The van der Waals surface area contributed by atoms with Crippen molar-refractivity contribution in [3.05, 3.63) is 40.7 Å². The fourth-order valence-corrected chi connectivity index (χ4v) is 2.15. The average molecular weight is 263 g/mol. The summed E-state index contributed by atoms with van der Waals surface area (Å²) in [7, 11) is 1.36. The van der Waals surface area contributed by atoms with Crippen LogP contribution in [0.15, 0.2) is 24.7 Å². The molecule has 0 atom stereocenters. The zero-order valence-electron chi connectivity index (χ0n) is 10.1. The Labute approximate surface area is 109 Å². The zero-order chi connectivity index (χ0) is 13.0. The maximum Gasteiger partial charge on any atom is 0.349 e. The zero-order valence-corrected chi connectivity index (χ0v) is 11.0. The molecule has 0 spiro atoms. The number of anilines is 1. The van der Waals surface area contributed by atoms with E-state index in [0.717, 1.165) is 11.1 Å². The van der Waals surface area contributed by atoms with Crippen LogP contribution in [0.3, 0.4) is 0 Å². The normalized spacial score (nSPS) is 10.1. The molecule has 0 aliphatic carbocycles. The Kier molecular flexibility index (Phi) is 3.88. The van der Waals surface area contributed by atoms with Gasteiger partial charge in [0.15, 0.2) is 5.13 Å². The van der Waals surface area contributed by atoms with Gasteiger partial charge in [0.25, 0.3) is 0 Å². The Balaban J connectivity index is 2.01. The van der Waals surface area contributed by atoms with Crippen molar-refractivity contribution in [3.8, 4) is 0 Å². The van der Waals surface area contributed by atoms with Crippen LogP contribution in [-0.2, 0) is 11.3 Å². The molecule has 0 radical (unpaired) electrons. The van der Waals surface area contributed by atoms with Crippen LogP contribution < -0.4 is 5.32 Å². The van der Waals surface area contributed by atoms with E-state index < -0.39 is 0 Å². The molecule has 0 fully saturated rings. The Bertz CT molecular complexity index is 554. The topological polar surface area (TPSA) is 64.1 Å². The largest absolute Gasteiger partial charge is 0.465 e. The fourth-order valence-electron chi connectivity index (χ4n) is 1.42. The minimum absolute atomic E-state index is 0.361. The van der Waals surface area contributed by atoms with Gasteiger partial charge < -0.3 is 10.1 Å². The number of rotatable bonds is 4. The van der Waals surface area contributed by atoms with Gasteiger partial charge in [-0.15, -0.1) is 0 Å². The first-order chi connectivity index (χ1) is 8.70. The van der Waals surface area contributed by atoms with Gasteiger partial charge in [-0.3, -0.25) is 4.98 Å². The minimum atomic E-state index is -0.361. The number of carbonyl (C=O) groups excluding carboxylic acids is 1. The van der Waals surface area contributed by atoms with Crippen LogP contribution >= 0.6 is 11.3 Å². The van der Waals surface area contributed by atoms with E-state index in [1.165, 1.54) is 24.6 Å². The van der Waals surface area contributed by atoms with Gasteiger partial charge in [-0.25, -0.2) is 9.78 Å². The number of hydrogen-bond donors (Lipinski definition) is 1. The van der Waals surface area contributed by atoms with Crippen molar-refractivity contribution in [1.29, 1.82) is 0 Å². The van der Waals surface area contributed by atoms with Crippen LogP contribution in [0.25, 0.3) is 0 Å². The monoisotopic (exact) mass is 263 g/mol. The van der Waals surface area contributed by atoms with Crippen LogP contribution in [0.1, 0.15) is 20.8 Å². The number of aryl methyl sites for hydroxylation is 1. The van der Waals surface area contributed by atoms with Gasteiger partial charge in [-0.1, -0.05) is 11.3 Å². The van der Waals surface area contributed by atoms with Crippen molar-refractivity contribution in [3.63, 3.8) is 0 Å². The molecule has 5 nitrogen and oxygen atoms in total. The summed E-state index contributed by atoms with van der Waals surface area (Å²) < 4.78 is 4.63. The van der Waals surface area contributed by atoms with Crippen molar-refractivity contribution >= 4 is 22.4 Å². The van der Waals surface area contributed by atoms with Crippen molar-refractivity contribution < 1.29 is 9.53 Å². The predicted molar refractivity (Wildman–Crippen MR) is 69.8 cm³/mol. The standard InChI is InChI=1S/C12H13N3O2S/c1-8-5-13-4-3-9(8)6-14-12-15-7-10(18-12)11(16)17-2/h3-5,7H,6H2,1-2H3,(H,14,15). The van der Waals surface area contributed by atoms with Crippen LogP contribution in [0, 0.1) is 6.92 Å². The summed E-state index contributed by atoms with van der Waals surface area (Å²) in [5, 5.41) is 3.87. The number of hydrogen-bond acceptors (Lipinski definition) is 6. The maximum absolute atomic E-state index is 11.3. The number of thiazole rings is 1. The van der Waals surface area contributed by atoms with Crippen molar-refractivity contribution in [2.75, 3.05) is 12.4 Å². The third-order valence-electron chi connectivity index (χ3n) is 2.46. The molecule has 0 bridgehead atoms. The first kappa shape index (κ1) is 12.5.